The number of hydrogen-bond donors (Lipinski definition) is 2. The fourth-order valence-corrected chi connectivity index (χ4v) is 4.31. The van der Waals surface area contributed by atoms with Crippen molar-refractivity contribution in [3.8, 4) is 0 Å². The smallest absolute Gasteiger partial charge is 0.301 e. The molecule has 2 rings (SSSR count). The average Bonchev–Trinajstić information content (AvgIpc) is 2.41. The van der Waals surface area contributed by atoms with Crippen molar-refractivity contribution in [2.75, 3.05) is 11.3 Å². The Morgan fingerprint density at radius 2 is 2.19 bits per heavy atom. The molecule has 1 fully saturated rings. The first-order valence-electron chi connectivity index (χ1n) is 6.70. The number of nitrogens with two attached hydrogens (primary N) is 1. The van der Waals surface area contributed by atoms with Crippen molar-refractivity contribution < 1.29 is 8.42 Å². The molecule has 0 bridgehead atoms. The molecule has 1 aliphatic heterocycles. The highest BCUT2D eigenvalue weighted by atomic mass is 35.5. The van der Waals surface area contributed by atoms with Gasteiger partial charge in [0.25, 0.3) is 0 Å². The zero-order valence-corrected chi connectivity index (χ0v) is 14.1. The zero-order valence-electron chi connectivity index (χ0n) is 11.7. The molecule has 1 aromatic carbocycles. The first kappa shape index (κ1) is 16.5. The first-order valence-corrected chi connectivity index (χ1v) is 8.93. The van der Waals surface area contributed by atoms with Crippen molar-refractivity contribution in [3.05, 3.63) is 28.8 Å². The standard InChI is InChI=1S/C13H18ClN3O2S2/c1-9-4-2-3-7-17(9)21(18,19)16-12-6-5-10(13(15)20)8-11(12)14/h5-6,8-9,16H,2-4,7H2,1H3,(H2,15,20). The van der Waals surface area contributed by atoms with Crippen molar-refractivity contribution in [1.29, 1.82) is 0 Å². The summed E-state index contributed by atoms with van der Waals surface area (Å²) in [5, 5.41) is 0.272. The number of piperidine rings is 1. The van der Waals surface area contributed by atoms with Crippen LogP contribution in [-0.2, 0) is 10.2 Å². The fraction of sp³-hybridized carbons (Fsp3) is 0.462. The Hall–Kier alpha value is -0.890. The van der Waals surface area contributed by atoms with Crippen LogP contribution in [0.5, 0.6) is 0 Å². The van der Waals surface area contributed by atoms with E-state index in [0.29, 0.717) is 17.8 Å². The van der Waals surface area contributed by atoms with Crippen LogP contribution >= 0.6 is 23.8 Å². The molecule has 0 amide bonds. The van der Waals surface area contributed by atoms with Crippen molar-refractivity contribution in [1.82, 2.24) is 4.31 Å². The number of nitrogens with zero attached hydrogens (tertiary/aromatic N) is 1. The third-order valence-electron chi connectivity index (χ3n) is 3.54. The maximum Gasteiger partial charge on any atom is 0.301 e. The van der Waals surface area contributed by atoms with Crippen LogP contribution in [-0.4, -0.2) is 30.3 Å². The lowest BCUT2D eigenvalue weighted by Gasteiger charge is -2.32. The Morgan fingerprint density at radius 3 is 2.76 bits per heavy atom. The van der Waals surface area contributed by atoms with Gasteiger partial charge in [0.2, 0.25) is 0 Å². The van der Waals surface area contributed by atoms with Gasteiger partial charge in [0.1, 0.15) is 4.99 Å². The summed E-state index contributed by atoms with van der Waals surface area (Å²) in [6.45, 7) is 2.44. The van der Waals surface area contributed by atoms with E-state index in [-0.39, 0.29) is 16.1 Å². The highest BCUT2D eigenvalue weighted by molar-refractivity contribution is 7.90. The molecule has 8 heteroatoms. The lowest BCUT2D eigenvalue weighted by Crippen LogP contribution is -2.44. The number of benzene rings is 1. The molecule has 0 spiro atoms. The maximum absolute atomic E-state index is 12.4. The van der Waals surface area contributed by atoms with Gasteiger partial charge in [0.05, 0.1) is 10.7 Å². The van der Waals surface area contributed by atoms with Crippen LogP contribution in [0.15, 0.2) is 18.2 Å². The monoisotopic (exact) mass is 347 g/mol. The van der Waals surface area contributed by atoms with Gasteiger partial charge in [0, 0.05) is 18.2 Å². The van der Waals surface area contributed by atoms with Gasteiger partial charge in [0.15, 0.2) is 0 Å². The van der Waals surface area contributed by atoms with Crippen molar-refractivity contribution in [2.45, 2.75) is 32.2 Å². The quantitative estimate of drug-likeness (QED) is 0.820. The summed E-state index contributed by atoms with van der Waals surface area (Å²) < 4.78 is 28.9. The SMILES string of the molecule is CC1CCCCN1S(=O)(=O)Nc1ccc(C(N)=S)cc1Cl. The number of thiocarbonyl (C=S) groups is 1. The normalized spacial score (nSPS) is 20.2. The summed E-state index contributed by atoms with van der Waals surface area (Å²) in [5.74, 6) is 0. The molecule has 116 valence electrons. The van der Waals surface area contributed by atoms with Crippen LogP contribution in [0.25, 0.3) is 0 Å². The predicted molar refractivity (Wildman–Crippen MR) is 89.9 cm³/mol. The predicted octanol–water partition coefficient (Wildman–Crippen LogP) is 2.51. The molecule has 1 unspecified atom stereocenters. The van der Waals surface area contributed by atoms with E-state index in [9.17, 15) is 8.42 Å². The third kappa shape index (κ3) is 3.85. The lowest BCUT2D eigenvalue weighted by atomic mass is 10.1. The van der Waals surface area contributed by atoms with E-state index < -0.39 is 10.2 Å². The van der Waals surface area contributed by atoms with Crippen LogP contribution in [0.3, 0.4) is 0 Å². The summed E-state index contributed by atoms with van der Waals surface area (Å²) in [5.41, 5.74) is 6.45. The Morgan fingerprint density at radius 1 is 1.48 bits per heavy atom. The molecule has 0 saturated carbocycles. The average molecular weight is 348 g/mol. The molecule has 0 aromatic heterocycles. The van der Waals surface area contributed by atoms with E-state index in [2.05, 4.69) is 4.72 Å². The molecule has 21 heavy (non-hydrogen) atoms. The van der Waals surface area contributed by atoms with Gasteiger partial charge < -0.3 is 5.73 Å². The summed E-state index contributed by atoms with van der Waals surface area (Å²) in [6.07, 6.45) is 2.80. The number of nitrogens with one attached hydrogen (secondary N) is 1. The van der Waals surface area contributed by atoms with E-state index in [0.717, 1.165) is 19.3 Å². The Labute approximate surface area is 135 Å². The van der Waals surface area contributed by atoms with Crippen molar-refractivity contribution in [3.63, 3.8) is 0 Å². The fourth-order valence-electron chi connectivity index (χ4n) is 2.38. The highest BCUT2D eigenvalue weighted by Crippen LogP contribution is 2.27. The van der Waals surface area contributed by atoms with E-state index in [1.807, 2.05) is 6.92 Å². The summed E-state index contributed by atoms with van der Waals surface area (Å²) >= 11 is 11.0. The molecule has 3 N–H and O–H groups in total. The number of hydrogen-bond acceptors (Lipinski definition) is 3. The third-order valence-corrected chi connectivity index (χ3v) is 5.73. The van der Waals surface area contributed by atoms with Gasteiger partial charge in [-0.05, 0) is 38.0 Å². The lowest BCUT2D eigenvalue weighted by molar-refractivity contribution is 0.270. The minimum Gasteiger partial charge on any atom is -0.389 e. The summed E-state index contributed by atoms with van der Waals surface area (Å²) in [7, 11) is -3.61. The van der Waals surface area contributed by atoms with Crippen LogP contribution in [0.2, 0.25) is 5.02 Å². The van der Waals surface area contributed by atoms with Crippen LogP contribution in [0, 0.1) is 0 Å². The minimum atomic E-state index is -3.61. The second-order valence-electron chi connectivity index (χ2n) is 5.12. The van der Waals surface area contributed by atoms with Gasteiger partial charge in [-0.3, -0.25) is 4.72 Å². The van der Waals surface area contributed by atoms with E-state index in [1.165, 1.54) is 4.31 Å². The Kier molecular flexibility index (Phi) is 5.08. The molecule has 1 aromatic rings. The Balaban J connectivity index is 2.22. The van der Waals surface area contributed by atoms with Crippen LogP contribution in [0.1, 0.15) is 31.7 Å². The van der Waals surface area contributed by atoms with E-state index >= 15 is 0 Å². The second-order valence-corrected chi connectivity index (χ2v) is 7.59. The topological polar surface area (TPSA) is 75.4 Å². The van der Waals surface area contributed by atoms with Gasteiger partial charge in [-0.2, -0.15) is 12.7 Å². The van der Waals surface area contributed by atoms with Gasteiger partial charge in [-0.15, -0.1) is 0 Å². The molecule has 0 aliphatic carbocycles. The van der Waals surface area contributed by atoms with E-state index in [1.54, 1.807) is 18.2 Å². The number of anilines is 1. The minimum absolute atomic E-state index is 0.00841. The van der Waals surface area contributed by atoms with Gasteiger partial charge >= 0.3 is 10.2 Å². The number of halogens is 1. The molecular formula is C13H18ClN3O2S2. The van der Waals surface area contributed by atoms with Gasteiger partial charge in [-0.1, -0.05) is 30.2 Å². The zero-order chi connectivity index (χ0) is 15.6. The Bertz CT molecular complexity index is 649. The molecular weight excluding hydrogens is 330 g/mol. The highest BCUT2D eigenvalue weighted by Gasteiger charge is 2.29. The van der Waals surface area contributed by atoms with Crippen LogP contribution < -0.4 is 10.5 Å². The number of rotatable bonds is 4. The molecule has 1 saturated heterocycles. The van der Waals surface area contributed by atoms with Crippen LogP contribution in [0.4, 0.5) is 5.69 Å². The summed E-state index contributed by atoms with van der Waals surface area (Å²) in [4.78, 5) is 0.218. The molecule has 5 nitrogen and oxygen atoms in total. The second kappa shape index (κ2) is 6.48. The van der Waals surface area contributed by atoms with Gasteiger partial charge in [-0.25, -0.2) is 0 Å². The van der Waals surface area contributed by atoms with Crippen molar-refractivity contribution >= 4 is 44.7 Å². The largest absolute Gasteiger partial charge is 0.389 e. The maximum atomic E-state index is 12.4. The molecule has 0 radical (unpaired) electrons. The summed E-state index contributed by atoms with van der Waals surface area (Å²) in [6, 6.07) is 4.77. The van der Waals surface area contributed by atoms with E-state index in [4.69, 9.17) is 29.6 Å². The van der Waals surface area contributed by atoms with Crippen molar-refractivity contribution in [2.24, 2.45) is 5.73 Å². The molecule has 1 heterocycles. The molecule has 1 aliphatic rings. The first-order chi connectivity index (χ1) is 9.81. The molecule has 1 atom stereocenters.